The smallest absolute Gasteiger partial charge is 0.205 e. The molecular weight excluding hydrogens is 336 g/mol. The second-order valence-corrected chi connectivity index (χ2v) is 6.07. The maximum Gasteiger partial charge on any atom is 0.205 e. The molecule has 2 N–H and O–H groups in total. The summed E-state index contributed by atoms with van der Waals surface area (Å²) >= 11 is 0. The first-order valence-electron chi connectivity index (χ1n) is 7.93. The average Bonchev–Trinajstić information content (AvgIpc) is 2.61. The molecule has 0 saturated heterocycles. The van der Waals surface area contributed by atoms with Gasteiger partial charge in [0.05, 0.1) is 5.92 Å². The minimum absolute atomic E-state index is 0.0338. The number of nitriles is 1. The van der Waals surface area contributed by atoms with E-state index in [-0.39, 0.29) is 17.0 Å². The number of rotatable bonds is 1. The largest absolute Gasteiger partial charge is 0.438 e. The maximum absolute atomic E-state index is 14.5. The Morgan fingerprint density at radius 2 is 1.81 bits per heavy atom. The van der Waals surface area contributed by atoms with Crippen LogP contribution in [0.4, 0.5) is 8.78 Å². The standard InChI is InChI=1S/C20H13F2N3O/c1-10-5-6-11-7-8-12-16(17-14(21)3-2-4-15(17)22)13(9-23)20(24)26-19(12)18(11)25-10/h2-8,16H,24H2,1H3. The zero-order valence-electron chi connectivity index (χ0n) is 13.8. The molecule has 3 aromatic rings. The summed E-state index contributed by atoms with van der Waals surface area (Å²) in [5, 5.41) is 10.3. The second kappa shape index (κ2) is 5.81. The minimum atomic E-state index is -1.00. The third-order valence-corrected chi connectivity index (χ3v) is 4.47. The van der Waals surface area contributed by atoms with Crippen LogP contribution in [0.3, 0.4) is 0 Å². The lowest BCUT2D eigenvalue weighted by molar-refractivity contribution is 0.394. The van der Waals surface area contributed by atoms with Gasteiger partial charge in [-0.3, -0.25) is 0 Å². The summed E-state index contributed by atoms with van der Waals surface area (Å²) in [6.45, 7) is 1.83. The van der Waals surface area contributed by atoms with E-state index in [9.17, 15) is 14.0 Å². The van der Waals surface area contributed by atoms with E-state index in [1.165, 1.54) is 6.07 Å². The number of pyridine rings is 1. The molecule has 0 bridgehead atoms. The number of aryl methyl sites for hydroxylation is 1. The van der Waals surface area contributed by atoms with Crippen molar-refractivity contribution < 1.29 is 13.5 Å². The number of benzene rings is 2. The van der Waals surface area contributed by atoms with E-state index < -0.39 is 17.6 Å². The molecule has 26 heavy (non-hydrogen) atoms. The van der Waals surface area contributed by atoms with Gasteiger partial charge in [-0.1, -0.05) is 24.3 Å². The van der Waals surface area contributed by atoms with Crippen molar-refractivity contribution in [3.63, 3.8) is 0 Å². The number of allylic oxidation sites excluding steroid dienone is 1. The number of nitrogens with two attached hydrogens (primary N) is 1. The molecule has 1 aliphatic heterocycles. The van der Waals surface area contributed by atoms with Crippen LogP contribution in [0.5, 0.6) is 5.75 Å². The van der Waals surface area contributed by atoms with E-state index in [1.807, 2.05) is 25.1 Å². The summed E-state index contributed by atoms with van der Waals surface area (Å²) in [6.07, 6.45) is 0. The molecule has 1 atom stereocenters. The summed E-state index contributed by atoms with van der Waals surface area (Å²) in [6, 6.07) is 12.7. The lowest BCUT2D eigenvalue weighted by atomic mass is 9.82. The number of halogens is 2. The van der Waals surface area contributed by atoms with Crippen molar-refractivity contribution in [1.82, 2.24) is 4.98 Å². The molecule has 0 spiro atoms. The lowest BCUT2D eigenvalue weighted by Gasteiger charge is -2.27. The van der Waals surface area contributed by atoms with Crippen LogP contribution in [-0.2, 0) is 0 Å². The van der Waals surface area contributed by atoms with Crippen molar-refractivity contribution >= 4 is 10.9 Å². The van der Waals surface area contributed by atoms with E-state index in [2.05, 4.69) is 4.98 Å². The first-order valence-corrected chi connectivity index (χ1v) is 7.93. The molecule has 128 valence electrons. The van der Waals surface area contributed by atoms with Crippen LogP contribution in [0.15, 0.2) is 53.9 Å². The first-order chi connectivity index (χ1) is 12.5. The first kappa shape index (κ1) is 16.0. The highest BCUT2D eigenvalue weighted by atomic mass is 19.1. The zero-order valence-corrected chi connectivity index (χ0v) is 13.8. The number of hydrogen-bond acceptors (Lipinski definition) is 4. The Morgan fingerprint density at radius 3 is 2.50 bits per heavy atom. The van der Waals surface area contributed by atoms with Crippen LogP contribution in [-0.4, -0.2) is 4.98 Å². The molecule has 2 heterocycles. The van der Waals surface area contributed by atoms with Crippen molar-refractivity contribution in [2.45, 2.75) is 12.8 Å². The molecule has 2 aromatic carbocycles. The lowest BCUT2D eigenvalue weighted by Crippen LogP contribution is -2.22. The summed E-state index contributed by atoms with van der Waals surface area (Å²) in [5.41, 5.74) is 7.40. The van der Waals surface area contributed by atoms with Crippen LogP contribution < -0.4 is 10.5 Å². The van der Waals surface area contributed by atoms with Gasteiger partial charge in [0.15, 0.2) is 5.75 Å². The topological polar surface area (TPSA) is 71.9 Å². The highest BCUT2D eigenvalue weighted by molar-refractivity contribution is 5.87. The van der Waals surface area contributed by atoms with Gasteiger partial charge in [0.1, 0.15) is 28.8 Å². The van der Waals surface area contributed by atoms with E-state index in [4.69, 9.17) is 10.5 Å². The average molecular weight is 349 g/mol. The Hall–Kier alpha value is -3.46. The second-order valence-electron chi connectivity index (χ2n) is 6.07. The molecule has 1 aliphatic rings. The Kier molecular flexibility index (Phi) is 3.58. The van der Waals surface area contributed by atoms with Crippen LogP contribution in [0.1, 0.15) is 22.7 Å². The maximum atomic E-state index is 14.5. The SMILES string of the molecule is Cc1ccc2ccc3c(c2n1)OC(N)=C(C#N)C3c1c(F)cccc1F. The van der Waals surface area contributed by atoms with Gasteiger partial charge in [0, 0.05) is 22.2 Å². The molecule has 1 unspecified atom stereocenters. The van der Waals surface area contributed by atoms with Gasteiger partial charge in [-0.15, -0.1) is 0 Å². The Balaban J connectivity index is 2.08. The molecule has 0 aliphatic carbocycles. The minimum Gasteiger partial charge on any atom is -0.438 e. The number of fused-ring (bicyclic) bond motifs is 3. The summed E-state index contributed by atoms with van der Waals surface area (Å²) in [5.74, 6) is -2.36. The van der Waals surface area contributed by atoms with E-state index in [1.54, 1.807) is 12.1 Å². The Bertz CT molecular complexity index is 1110. The Morgan fingerprint density at radius 1 is 1.12 bits per heavy atom. The van der Waals surface area contributed by atoms with Crippen LogP contribution in [0, 0.1) is 29.9 Å². The molecule has 4 rings (SSSR count). The molecule has 1 aromatic heterocycles. The van der Waals surface area contributed by atoms with E-state index in [0.717, 1.165) is 23.2 Å². The molecular formula is C20H13F2N3O. The molecule has 6 heteroatoms. The van der Waals surface area contributed by atoms with Crippen LogP contribution in [0.25, 0.3) is 10.9 Å². The molecule has 0 amide bonds. The quantitative estimate of drug-likeness (QED) is 0.720. The van der Waals surface area contributed by atoms with E-state index >= 15 is 0 Å². The van der Waals surface area contributed by atoms with Gasteiger partial charge in [0.25, 0.3) is 0 Å². The fourth-order valence-electron chi connectivity index (χ4n) is 3.28. The van der Waals surface area contributed by atoms with Crippen molar-refractivity contribution in [2.24, 2.45) is 5.73 Å². The third-order valence-electron chi connectivity index (χ3n) is 4.47. The summed E-state index contributed by atoms with van der Waals surface area (Å²) in [4.78, 5) is 4.47. The van der Waals surface area contributed by atoms with Gasteiger partial charge < -0.3 is 10.5 Å². The van der Waals surface area contributed by atoms with Gasteiger partial charge >= 0.3 is 0 Å². The molecule has 0 saturated carbocycles. The molecule has 0 fully saturated rings. The third kappa shape index (κ3) is 2.29. The molecule has 4 nitrogen and oxygen atoms in total. The van der Waals surface area contributed by atoms with Gasteiger partial charge in [0.2, 0.25) is 5.88 Å². The number of nitrogens with zero attached hydrogens (tertiary/aromatic N) is 2. The summed E-state index contributed by atoms with van der Waals surface area (Å²) in [7, 11) is 0. The highest BCUT2D eigenvalue weighted by Gasteiger charge is 2.35. The highest BCUT2D eigenvalue weighted by Crippen LogP contribution is 2.46. The molecule has 0 radical (unpaired) electrons. The summed E-state index contributed by atoms with van der Waals surface area (Å²) < 4.78 is 34.6. The predicted octanol–water partition coefficient (Wildman–Crippen LogP) is 4.04. The predicted molar refractivity (Wildman–Crippen MR) is 92.1 cm³/mol. The van der Waals surface area contributed by atoms with Crippen LogP contribution in [0.2, 0.25) is 0 Å². The van der Waals surface area contributed by atoms with Gasteiger partial charge in [-0.2, -0.15) is 5.26 Å². The normalized spacial score (nSPS) is 16.2. The number of hydrogen-bond donors (Lipinski definition) is 1. The number of ether oxygens (including phenoxy) is 1. The monoisotopic (exact) mass is 349 g/mol. The van der Waals surface area contributed by atoms with Gasteiger partial charge in [-0.05, 0) is 25.1 Å². The van der Waals surface area contributed by atoms with Crippen molar-refractivity contribution in [3.05, 3.63) is 82.4 Å². The number of aromatic nitrogens is 1. The van der Waals surface area contributed by atoms with Crippen molar-refractivity contribution in [2.75, 3.05) is 0 Å². The van der Waals surface area contributed by atoms with Crippen molar-refractivity contribution in [1.29, 1.82) is 5.26 Å². The van der Waals surface area contributed by atoms with E-state index in [0.29, 0.717) is 16.8 Å². The van der Waals surface area contributed by atoms with Gasteiger partial charge in [-0.25, -0.2) is 13.8 Å². The zero-order chi connectivity index (χ0) is 18.4. The fraction of sp³-hybridized carbons (Fsp3) is 0.100. The van der Waals surface area contributed by atoms with Crippen molar-refractivity contribution in [3.8, 4) is 11.8 Å². The Labute approximate surface area is 148 Å². The fourth-order valence-corrected chi connectivity index (χ4v) is 3.28. The van der Waals surface area contributed by atoms with Crippen LogP contribution >= 0.6 is 0 Å².